The molecule has 2 N–H and O–H groups in total. The molecule has 0 spiro atoms. The molecule has 0 aliphatic carbocycles. The number of anilines is 1. The van der Waals surface area contributed by atoms with Crippen molar-refractivity contribution in [1.82, 2.24) is 14.9 Å². The number of likely N-dealkylation sites (tertiary alicyclic amines) is 1. The van der Waals surface area contributed by atoms with Crippen molar-refractivity contribution in [3.63, 3.8) is 0 Å². The van der Waals surface area contributed by atoms with Gasteiger partial charge in [-0.05, 0) is 43.0 Å². The summed E-state index contributed by atoms with van der Waals surface area (Å²) in [6, 6.07) is 12.8. The molecular weight excluding hydrogens is 292 g/mol. The predicted molar refractivity (Wildman–Crippen MR) is 90.7 cm³/mol. The summed E-state index contributed by atoms with van der Waals surface area (Å²) in [4.78, 5) is 13.1. The molecule has 1 saturated heterocycles. The number of benzene rings is 1. The van der Waals surface area contributed by atoms with Gasteiger partial charge in [0, 0.05) is 16.3 Å². The Morgan fingerprint density at radius 2 is 2.09 bits per heavy atom. The van der Waals surface area contributed by atoms with Gasteiger partial charge < -0.3 is 5.73 Å². The zero-order valence-corrected chi connectivity index (χ0v) is 13.1. The minimum Gasteiger partial charge on any atom is -0.383 e. The minimum absolute atomic E-state index is 0.497. The molecule has 2 aromatic heterocycles. The minimum atomic E-state index is 0.497. The fourth-order valence-corrected chi connectivity index (χ4v) is 4.12. The smallest absolute Gasteiger partial charge is 0.145 e. The maximum Gasteiger partial charge on any atom is 0.145 e. The van der Waals surface area contributed by atoms with Crippen molar-refractivity contribution in [3.05, 3.63) is 52.5 Å². The molecule has 4 nitrogen and oxygen atoms in total. The van der Waals surface area contributed by atoms with Gasteiger partial charge in [-0.1, -0.05) is 18.2 Å². The summed E-state index contributed by atoms with van der Waals surface area (Å²) >= 11 is 1.83. The number of hydrogen-bond donors (Lipinski definition) is 1. The first-order valence-electron chi connectivity index (χ1n) is 7.60. The second-order valence-electron chi connectivity index (χ2n) is 5.69. The van der Waals surface area contributed by atoms with E-state index in [2.05, 4.69) is 32.4 Å². The van der Waals surface area contributed by atoms with E-state index in [9.17, 15) is 0 Å². The molecule has 22 heavy (non-hydrogen) atoms. The zero-order valence-electron chi connectivity index (χ0n) is 12.3. The normalized spacial score (nSPS) is 19.0. The first kappa shape index (κ1) is 13.7. The zero-order chi connectivity index (χ0) is 14.9. The van der Waals surface area contributed by atoms with Crippen molar-refractivity contribution in [3.8, 4) is 0 Å². The van der Waals surface area contributed by atoms with Crippen molar-refractivity contribution in [2.75, 3.05) is 12.3 Å². The number of nitrogens with two attached hydrogens (primary N) is 1. The predicted octanol–water partition coefficient (Wildman–Crippen LogP) is 3.61. The van der Waals surface area contributed by atoms with E-state index in [-0.39, 0.29) is 0 Å². The molecule has 0 unspecified atom stereocenters. The molecule has 1 atom stereocenters. The molecule has 0 amide bonds. The third-order valence-corrected chi connectivity index (χ3v) is 5.23. The first-order chi connectivity index (χ1) is 10.8. The van der Waals surface area contributed by atoms with E-state index in [1.165, 1.54) is 17.7 Å². The molecule has 5 heteroatoms. The third kappa shape index (κ3) is 2.46. The highest BCUT2D eigenvalue weighted by molar-refractivity contribution is 7.10. The Morgan fingerprint density at radius 1 is 1.18 bits per heavy atom. The molecule has 0 radical (unpaired) electrons. The summed E-state index contributed by atoms with van der Waals surface area (Å²) in [6.45, 7) is 1.86. The van der Waals surface area contributed by atoms with Gasteiger partial charge in [0.2, 0.25) is 0 Å². The number of hydrogen-bond acceptors (Lipinski definition) is 5. The van der Waals surface area contributed by atoms with Crippen LogP contribution < -0.4 is 5.73 Å². The average Bonchev–Trinajstić information content (AvgIpc) is 3.18. The molecule has 4 rings (SSSR count). The Bertz CT molecular complexity index is 784. The van der Waals surface area contributed by atoms with Gasteiger partial charge >= 0.3 is 0 Å². The first-order valence-corrected chi connectivity index (χ1v) is 8.48. The van der Waals surface area contributed by atoms with Gasteiger partial charge in [-0.25, -0.2) is 9.97 Å². The molecule has 3 aromatic rings. The Labute approximate surface area is 133 Å². The van der Waals surface area contributed by atoms with E-state index in [1.807, 2.05) is 35.6 Å². The van der Waals surface area contributed by atoms with Gasteiger partial charge in [0.1, 0.15) is 11.6 Å². The molecule has 1 aromatic carbocycles. The molecule has 1 aliphatic heterocycles. The number of aromatic nitrogens is 2. The Morgan fingerprint density at radius 3 is 2.95 bits per heavy atom. The van der Waals surface area contributed by atoms with Crippen LogP contribution in [0.15, 0.2) is 41.8 Å². The Balaban J connectivity index is 1.63. The highest BCUT2D eigenvalue weighted by Gasteiger charge is 2.27. The highest BCUT2D eigenvalue weighted by Crippen LogP contribution is 2.35. The summed E-state index contributed by atoms with van der Waals surface area (Å²) < 4.78 is 0. The molecule has 1 fully saturated rings. The van der Waals surface area contributed by atoms with Crippen LogP contribution in [-0.4, -0.2) is 21.4 Å². The van der Waals surface area contributed by atoms with Crippen molar-refractivity contribution in [1.29, 1.82) is 0 Å². The van der Waals surface area contributed by atoms with Crippen LogP contribution in [0.3, 0.4) is 0 Å². The van der Waals surface area contributed by atoms with Crippen LogP contribution in [0.4, 0.5) is 5.82 Å². The molecule has 0 saturated carbocycles. The standard InChI is InChI=1S/C17H18N4S/c18-17-12-5-1-2-6-13(12)19-16(20-17)11-21-9-3-7-14(21)15-8-4-10-22-15/h1-2,4-6,8,10,14H,3,7,9,11H2,(H2,18,19,20)/t14-/m1/s1. The number of para-hydroxylation sites is 1. The quantitative estimate of drug-likeness (QED) is 0.803. The van der Waals surface area contributed by atoms with Crippen LogP contribution in [0.1, 0.15) is 29.6 Å². The van der Waals surface area contributed by atoms with Crippen LogP contribution in [0.5, 0.6) is 0 Å². The molecule has 112 valence electrons. The summed E-state index contributed by atoms with van der Waals surface area (Å²) in [5, 5.41) is 3.08. The maximum atomic E-state index is 6.09. The largest absolute Gasteiger partial charge is 0.383 e. The lowest BCUT2D eigenvalue weighted by Gasteiger charge is -2.22. The highest BCUT2D eigenvalue weighted by atomic mass is 32.1. The number of nitrogens with zero attached hydrogens (tertiary/aromatic N) is 3. The monoisotopic (exact) mass is 310 g/mol. The van der Waals surface area contributed by atoms with Crippen LogP contribution in [0, 0.1) is 0 Å². The summed E-state index contributed by atoms with van der Waals surface area (Å²) in [5.74, 6) is 1.40. The summed E-state index contributed by atoms with van der Waals surface area (Å²) in [7, 11) is 0. The second-order valence-corrected chi connectivity index (χ2v) is 6.67. The van der Waals surface area contributed by atoms with E-state index < -0.39 is 0 Å². The Hall–Kier alpha value is -1.98. The van der Waals surface area contributed by atoms with E-state index >= 15 is 0 Å². The van der Waals surface area contributed by atoms with Crippen LogP contribution in [0.2, 0.25) is 0 Å². The van der Waals surface area contributed by atoms with Crippen molar-refractivity contribution in [2.45, 2.75) is 25.4 Å². The maximum absolute atomic E-state index is 6.09. The van der Waals surface area contributed by atoms with E-state index in [1.54, 1.807) is 0 Å². The lowest BCUT2D eigenvalue weighted by Crippen LogP contribution is -2.23. The fourth-order valence-electron chi connectivity index (χ4n) is 3.22. The molecule has 1 aliphatic rings. The molecule has 0 bridgehead atoms. The van der Waals surface area contributed by atoms with Gasteiger partial charge in [0.25, 0.3) is 0 Å². The van der Waals surface area contributed by atoms with Crippen molar-refractivity contribution >= 4 is 28.1 Å². The number of nitrogen functional groups attached to an aromatic ring is 1. The summed E-state index contributed by atoms with van der Waals surface area (Å²) in [5.41, 5.74) is 7.02. The molecule has 3 heterocycles. The topological polar surface area (TPSA) is 55.0 Å². The molecular formula is C17H18N4S. The van der Waals surface area contributed by atoms with Crippen molar-refractivity contribution in [2.24, 2.45) is 0 Å². The number of rotatable bonds is 3. The fraction of sp³-hybridized carbons (Fsp3) is 0.294. The van der Waals surface area contributed by atoms with Crippen LogP contribution in [-0.2, 0) is 6.54 Å². The SMILES string of the molecule is Nc1nc(CN2CCC[C@@H]2c2cccs2)nc2ccccc12. The van der Waals surface area contributed by atoms with Crippen LogP contribution in [0.25, 0.3) is 10.9 Å². The lowest BCUT2D eigenvalue weighted by molar-refractivity contribution is 0.245. The van der Waals surface area contributed by atoms with Gasteiger partial charge in [0.15, 0.2) is 0 Å². The van der Waals surface area contributed by atoms with Gasteiger partial charge in [-0.2, -0.15) is 0 Å². The van der Waals surface area contributed by atoms with E-state index in [0.717, 1.165) is 29.8 Å². The van der Waals surface area contributed by atoms with Crippen LogP contribution >= 0.6 is 11.3 Å². The second kappa shape index (κ2) is 5.66. The van der Waals surface area contributed by atoms with E-state index in [4.69, 9.17) is 5.73 Å². The van der Waals surface area contributed by atoms with Gasteiger partial charge in [-0.15, -0.1) is 11.3 Å². The van der Waals surface area contributed by atoms with Gasteiger partial charge in [0.05, 0.1) is 12.1 Å². The number of fused-ring (bicyclic) bond motifs is 1. The lowest BCUT2D eigenvalue weighted by atomic mass is 10.2. The average molecular weight is 310 g/mol. The summed E-state index contributed by atoms with van der Waals surface area (Å²) in [6.07, 6.45) is 2.44. The van der Waals surface area contributed by atoms with Gasteiger partial charge in [-0.3, -0.25) is 4.90 Å². The van der Waals surface area contributed by atoms with E-state index in [0.29, 0.717) is 11.9 Å². The number of thiophene rings is 1. The Kier molecular flexibility index (Phi) is 3.52. The third-order valence-electron chi connectivity index (χ3n) is 4.26. The van der Waals surface area contributed by atoms with Crippen molar-refractivity contribution < 1.29 is 0 Å².